The molecule has 2 amide bonds. The average Bonchev–Trinajstić information content (AvgIpc) is 3.68. The van der Waals surface area contributed by atoms with Gasteiger partial charge in [0.05, 0.1) is 38.5 Å². The first-order valence-electron chi connectivity index (χ1n) is 17.4. The maximum atomic E-state index is 14.9. The summed E-state index contributed by atoms with van der Waals surface area (Å²) in [6, 6.07) is 26.6. The van der Waals surface area contributed by atoms with Crippen LogP contribution in [0.5, 0.6) is 23.0 Å². The van der Waals surface area contributed by atoms with E-state index in [1.165, 1.54) is 37.3 Å². The number of anilines is 1. The second kappa shape index (κ2) is 17.8. The van der Waals surface area contributed by atoms with E-state index in [0.29, 0.717) is 23.9 Å². The van der Waals surface area contributed by atoms with Gasteiger partial charge in [0.25, 0.3) is 10.0 Å². The van der Waals surface area contributed by atoms with Crippen molar-refractivity contribution in [3.8, 4) is 23.0 Å². The molecule has 1 saturated carbocycles. The van der Waals surface area contributed by atoms with Gasteiger partial charge in [-0.3, -0.25) is 13.9 Å². The lowest BCUT2D eigenvalue weighted by atomic mass is 10.0. The summed E-state index contributed by atoms with van der Waals surface area (Å²) in [5, 5.41) is 3.20. The van der Waals surface area contributed by atoms with Crippen LogP contribution in [-0.2, 0) is 32.6 Å². The molecule has 11 nitrogen and oxygen atoms in total. The number of ether oxygens (including phenoxy) is 4. The Morgan fingerprint density at radius 3 is 2.13 bits per heavy atom. The predicted octanol–water partition coefficient (Wildman–Crippen LogP) is 6.01. The molecule has 5 rings (SSSR count). The normalized spacial score (nSPS) is 13.5. The van der Waals surface area contributed by atoms with Crippen LogP contribution < -0.4 is 28.6 Å². The lowest BCUT2D eigenvalue weighted by molar-refractivity contribution is -0.140. The van der Waals surface area contributed by atoms with Gasteiger partial charge in [0.15, 0.2) is 11.5 Å². The first-order chi connectivity index (χ1) is 25.2. The minimum atomic E-state index is -4.38. The van der Waals surface area contributed by atoms with Gasteiger partial charge in [0, 0.05) is 25.1 Å². The molecular formula is C40H47N3O8S. The molecule has 0 heterocycles. The third-order valence-corrected chi connectivity index (χ3v) is 10.9. The molecule has 12 heteroatoms. The molecule has 1 aliphatic rings. The molecule has 52 heavy (non-hydrogen) atoms. The molecule has 276 valence electrons. The Labute approximate surface area is 306 Å². The third-order valence-electron chi connectivity index (χ3n) is 9.12. The van der Waals surface area contributed by atoms with E-state index in [9.17, 15) is 18.0 Å². The predicted molar refractivity (Wildman–Crippen MR) is 200 cm³/mol. The van der Waals surface area contributed by atoms with E-state index >= 15 is 0 Å². The van der Waals surface area contributed by atoms with Crippen molar-refractivity contribution in [2.24, 2.45) is 0 Å². The van der Waals surface area contributed by atoms with Crippen LogP contribution in [0.2, 0.25) is 0 Å². The quantitative estimate of drug-likeness (QED) is 0.140. The van der Waals surface area contributed by atoms with E-state index in [0.717, 1.165) is 41.1 Å². The number of hydrogen-bond donors (Lipinski definition) is 1. The fraction of sp³-hybridized carbons (Fsp3) is 0.350. The molecule has 0 aromatic heterocycles. The number of methoxy groups -OCH3 is 3. The number of hydrogen-bond acceptors (Lipinski definition) is 8. The zero-order chi connectivity index (χ0) is 37.1. The summed E-state index contributed by atoms with van der Waals surface area (Å²) in [4.78, 5) is 30.5. The SMILES string of the molecule is CCOc1ccc(N(CC(=O)N(Cc2cccc(OC)c2)C(Cc2ccccc2)C(=O)NC2CCCC2)S(=O)(=O)c2ccc(OC)c(OC)c2)cc1. The largest absolute Gasteiger partial charge is 0.497 e. The molecule has 4 aromatic carbocycles. The van der Waals surface area contributed by atoms with Gasteiger partial charge in [-0.2, -0.15) is 0 Å². The number of carbonyl (C=O) groups is 2. The third kappa shape index (κ3) is 9.35. The Kier molecular flexibility index (Phi) is 13.0. The van der Waals surface area contributed by atoms with E-state index in [1.807, 2.05) is 49.4 Å². The molecule has 0 saturated heterocycles. The van der Waals surface area contributed by atoms with Gasteiger partial charge < -0.3 is 29.2 Å². The second-order valence-corrected chi connectivity index (χ2v) is 14.4. The second-order valence-electron chi connectivity index (χ2n) is 12.5. The highest BCUT2D eigenvalue weighted by molar-refractivity contribution is 7.92. The van der Waals surface area contributed by atoms with Gasteiger partial charge in [-0.25, -0.2) is 8.42 Å². The zero-order valence-electron chi connectivity index (χ0n) is 30.1. The molecule has 0 bridgehead atoms. The van der Waals surface area contributed by atoms with Crippen molar-refractivity contribution < 1.29 is 37.0 Å². The maximum absolute atomic E-state index is 14.9. The summed E-state index contributed by atoms with van der Waals surface area (Å²) in [5.41, 5.74) is 1.82. The van der Waals surface area contributed by atoms with Crippen LogP contribution in [0.3, 0.4) is 0 Å². The fourth-order valence-electron chi connectivity index (χ4n) is 6.40. The maximum Gasteiger partial charge on any atom is 0.264 e. The van der Waals surface area contributed by atoms with Crippen molar-refractivity contribution in [3.05, 3.63) is 108 Å². The Balaban J connectivity index is 1.59. The van der Waals surface area contributed by atoms with Crippen LogP contribution in [0.4, 0.5) is 5.69 Å². The number of amides is 2. The van der Waals surface area contributed by atoms with Crippen molar-refractivity contribution in [1.29, 1.82) is 0 Å². The van der Waals surface area contributed by atoms with Crippen molar-refractivity contribution in [2.75, 3.05) is 38.8 Å². The van der Waals surface area contributed by atoms with Gasteiger partial charge in [-0.05, 0) is 79.4 Å². The smallest absolute Gasteiger partial charge is 0.264 e. The Bertz CT molecular complexity index is 1900. The minimum absolute atomic E-state index is 0.00493. The number of sulfonamides is 1. The highest BCUT2D eigenvalue weighted by Gasteiger charge is 2.36. The molecule has 0 aliphatic heterocycles. The van der Waals surface area contributed by atoms with Gasteiger partial charge in [-0.15, -0.1) is 0 Å². The van der Waals surface area contributed by atoms with Crippen molar-refractivity contribution in [1.82, 2.24) is 10.2 Å². The Hall–Kier alpha value is -5.23. The number of nitrogens with one attached hydrogen (secondary N) is 1. The van der Waals surface area contributed by atoms with Crippen molar-refractivity contribution in [3.63, 3.8) is 0 Å². The molecular weight excluding hydrogens is 683 g/mol. The topological polar surface area (TPSA) is 124 Å². The first-order valence-corrected chi connectivity index (χ1v) is 18.8. The molecule has 1 aliphatic carbocycles. The fourth-order valence-corrected chi connectivity index (χ4v) is 7.83. The molecule has 1 fully saturated rings. The number of carbonyl (C=O) groups excluding carboxylic acids is 2. The standard InChI is InChI=1S/C40H47N3O8S/c1-5-51-33-20-18-32(19-21-33)43(52(46,47)35-22-23-37(49-3)38(26-35)50-4)28-39(44)42(27-30-14-11-17-34(24-30)48-2)36(25-29-12-7-6-8-13-29)40(45)41-31-15-9-10-16-31/h6-8,11-14,17-24,26,31,36H,5,9-10,15-16,25,27-28H2,1-4H3,(H,41,45). The summed E-state index contributed by atoms with van der Waals surface area (Å²) in [5.74, 6) is 0.851. The summed E-state index contributed by atoms with van der Waals surface area (Å²) >= 11 is 0. The summed E-state index contributed by atoms with van der Waals surface area (Å²) < 4.78 is 52.0. The molecule has 4 aromatic rings. The molecule has 0 radical (unpaired) electrons. The first kappa shape index (κ1) is 38.0. The lowest BCUT2D eigenvalue weighted by Gasteiger charge is -2.34. The summed E-state index contributed by atoms with van der Waals surface area (Å²) in [7, 11) is 0.0545. The van der Waals surface area contributed by atoms with Gasteiger partial charge in [0.1, 0.15) is 24.1 Å². The number of rotatable bonds is 17. The monoisotopic (exact) mass is 729 g/mol. The minimum Gasteiger partial charge on any atom is -0.497 e. The lowest BCUT2D eigenvalue weighted by Crippen LogP contribution is -2.54. The average molecular weight is 730 g/mol. The van der Waals surface area contributed by atoms with Crippen molar-refractivity contribution >= 4 is 27.5 Å². The van der Waals surface area contributed by atoms with Crippen LogP contribution in [0, 0.1) is 0 Å². The Morgan fingerprint density at radius 2 is 1.48 bits per heavy atom. The molecule has 1 atom stereocenters. The van der Waals surface area contributed by atoms with Crippen LogP contribution in [0.25, 0.3) is 0 Å². The van der Waals surface area contributed by atoms with Gasteiger partial charge in [0.2, 0.25) is 11.8 Å². The number of benzene rings is 4. The van der Waals surface area contributed by atoms with Crippen LogP contribution >= 0.6 is 0 Å². The zero-order valence-corrected chi connectivity index (χ0v) is 30.9. The van der Waals surface area contributed by atoms with Crippen LogP contribution in [0.15, 0.2) is 102 Å². The number of nitrogens with zero attached hydrogens (tertiary/aromatic N) is 2. The summed E-state index contributed by atoms with van der Waals surface area (Å²) in [6.45, 7) is 1.71. The highest BCUT2D eigenvalue weighted by atomic mass is 32.2. The van der Waals surface area contributed by atoms with Crippen LogP contribution in [0.1, 0.15) is 43.7 Å². The van der Waals surface area contributed by atoms with Crippen LogP contribution in [-0.4, -0.2) is 71.7 Å². The van der Waals surface area contributed by atoms with E-state index < -0.39 is 28.5 Å². The van der Waals surface area contributed by atoms with E-state index in [1.54, 1.807) is 43.5 Å². The van der Waals surface area contributed by atoms with E-state index in [2.05, 4.69) is 5.32 Å². The molecule has 0 spiro atoms. The van der Waals surface area contributed by atoms with E-state index in [4.69, 9.17) is 18.9 Å². The molecule has 1 N–H and O–H groups in total. The Morgan fingerprint density at radius 1 is 0.788 bits per heavy atom. The van der Waals surface area contributed by atoms with E-state index in [-0.39, 0.29) is 41.2 Å². The van der Waals surface area contributed by atoms with Gasteiger partial charge in [-0.1, -0.05) is 55.3 Å². The van der Waals surface area contributed by atoms with Crippen molar-refractivity contribution in [2.45, 2.75) is 62.6 Å². The highest BCUT2D eigenvalue weighted by Crippen LogP contribution is 2.33. The molecule has 1 unspecified atom stereocenters. The van der Waals surface area contributed by atoms with Gasteiger partial charge >= 0.3 is 0 Å². The summed E-state index contributed by atoms with van der Waals surface area (Å²) in [6.07, 6.45) is 3.99.